The number of ether oxygens (including phenoxy) is 1. The molecule has 1 amide bonds. The SMILES string of the molecule is COCC1(C(=O)Nc2ccc(Br)c(C(F)(F)F)c2)CCNCC1. The number of alkyl halides is 3. The van der Waals surface area contributed by atoms with Gasteiger partial charge in [-0.1, -0.05) is 15.9 Å². The fourth-order valence-electron chi connectivity index (χ4n) is 2.70. The highest BCUT2D eigenvalue weighted by molar-refractivity contribution is 9.10. The molecule has 2 rings (SSSR count). The van der Waals surface area contributed by atoms with Gasteiger partial charge in [-0.05, 0) is 44.1 Å². The van der Waals surface area contributed by atoms with E-state index in [0.717, 1.165) is 6.07 Å². The van der Waals surface area contributed by atoms with Crippen LogP contribution < -0.4 is 10.6 Å². The van der Waals surface area contributed by atoms with Crippen LogP contribution in [0.25, 0.3) is 0 Å². The van der Waals surface area contributed by atoms with Gasteiger partial charge in [0.1, 0.15) is 0 Å². The first-order chi connectivity index (χ1) is 10.8. The minimum Gasteiger partial charge on any atom is -0.384 e. The van der Waals surface area contributed by atoms with Gasteiger partial charge in [0, 0.05) is 17.3 Å². The molecular formula is C15H18BrF3N2O2. The third kappa shape index (κ3) is 4.24. The zero-order valence-electron chi connectivity index (χ0n) is 12.6. The van der Waals surface area contributed by atoms with Crippen molar-refractivity contribution in [2.75, 3.05) is 32.1 Å². The van der Waals surface area contributed by atoms with Crippen molar-refractivity contribution in [3.63, 3.8) is 0 Å². The third-order valence-electron chi connectivity index (χ3n) is 3.99. The zero-order valence-corrected chi connectivity index (χ0v) is 14.2. The molecule has 2 N–H and O–H groups in total. The number of nitrogens with one attached hydrogen (secondary N) is 2. The molecule has 128 valence electrons. The van der Waals surface area contributed by atoms with Gasteiger partial charge >= 0.3 is 6.18 Å². The zero-order chi connectivity index (χ0) is 17.1. The molecule has 1 saturated heterocycles. The second-order valence-electron chi connectivity index (χ2n) is 5.61. The predicted molar refractivity (Wildman–Crippen MR) is 84.2 cm³/mol. The van der Waals surface area contributed by atoms with Gasteiger partial charge in [-0.15, -0.1) is 0 Å². The fourth-order valence-corrected chi connectivity index (χ4v) is 3.17. The molecule has 0 aromatic heterocycles. The normalized spacial score (nSPS) is 17.8. The highest BCUT2D eigenvalue weighted by Crippen LogP contribution is 2.37. The minimum absolute atomic E-state index is 0.0588. The van der Waals surface area contributed by atoms with Gasteiger partial charge in [-0.3, -0.25) is 4.79 Å². The van der Waals surface area contributed by atoms with E-state index in [1.807, 2.05) is 0 Å². The lowest BCUT2D eigenvalue weighted by atomic mass is 9.78. The fraction of sp³-hybridized carbons (Fsp3) is 0.533. The molecule has 0 unspecified atom stereocenters. The molecule has 23 heavy (non-hydrogen) atoms. The summed E-state index contributed by atoms with van der Waals surface area (Å²) in [6, 6.07) is 3.66. The van der Waals surface area contributed by atoms with E-state index in [-0.39, 0.29) is 22.7 Å². The van der Waals surface area contributed by atoms with Gasteiger partial charge in [0.2, 0.25) is 5.91 Å². The molecule has 0 bridgehead atoms. The molecule has 8 heteroatoms. The molecule has 1 fully saturated rings. The number of benzene rings is 1. The van der Waals surface area contributed by atoms with Crippen LogP contribution in [0.1, 0.15) is 18.4 Å². The molecule has 1 aliphatic heterocycles. The molecular weight excluding hydrogens is 377 g/mol. The van der Waals surface area contributed by atoms with Crippen LogP contribution >= 0.6 is 15.9 Å². The van der Waals surface area contributed by atoms with Gasteiger partial charge < -0.3 is 15.4 Å². The number of piperidine rings is 1. The predicted octanol–water partition coefficient (Wildman–Crippen LogP) is 3.42. The Hall–Kier alpha value is -1.12. The van der Waals surface area contributed by atoms with E-state index in [2.05, 4.69) is 26.6 Å². The summed E-state index contributed by atoms with van der Waals surface area (Å²) in [4.78, 5) is 12.6. The minimum atomic E-state index is -4.49. The number of hydrogen-bond acceptors (Lipinski definition) is 3. The number of carbonyl (C=O) groups excluding carboxylic acids is 1. The largest absolute Gasteiger partial charge is 0.417 e. The first-order valence-corrected chi connectivity index (χ1v) is 7.96. The molecule has 4 nitrogen and oxygen atoms in total. The average Bonchev–Trinajstić information content (AvgIpc) is 2.49. The number of anilines is 1. The highest BCUT2D eigenvalue weighted by atomic mass is 79.9. The summed E-state index contributed by atoms with van der Waals surface area (Å²) in [5.41, 5.74) is -1.41. The second kappa shape index (κ2) is 7.19. The van der Waals surface area contributed by atoms with E-state index in [1.54, 1.807) is 0 Å². The number of halogens is 4. The Morgan fingerprint density at radius 3 is 2.61 bits per heavy atom. The van der Waals surface area contributed by atoms with Crippen molar-refractivity contribution in [1.29, 1.82) is 0 Å². The van der Waals surface area contributed by atoms with Gasteiger partial charge in [0.15, 0.2) is 0 Å². The lowest BCUT2D eigenvalue weighted by molar-refractivity contribution is -0.138. The second-order valence-corrected chi connectivity index (χ2v) is 6.46. The van der Waals surface area contributed by atoms with Crippen LogP contribution in [0.2, 0.25) is 0 Å². The summed E-state index contributed by atoms with van der Waals surface area (Å²) in [6.07, 6.45) is -3.33. The molecule has 0 saturated carbocycles. The van der Waals surface area contributed by atoms with Crippen molar-refractivity contribution in [2.24, 2.45) is 5.41 Å². The van der Waals surface area contributed by atoms with E-state index in [9.17, 15) is 18.0 Å². The summed E-state index contributed by atoms with van der Waals surface area (Å²) in [7, 11) is 1.51. The Morgan fingerprint density at radius 1 is 1.39 bits per heavy atom. The maximum atomic E-state index is 12.9. The van der Waals surface area contributed by atoms with Crippen molar-refractivity contribution in [1.82, 2.24) is 5.32 Å². The lowest BCUT2D eigenvalue weighted by Crippen LogP contribution is -2.47. The lowest BCUT2D eigenvalue weighted by Gasteiger charge is -2.35. The summed E-state index contributed by atoms with van der Waals surface area (Å²) >= 11 is 2.88. The van der Waals surface area contributed by atoms with E-state index in [1.165, 1.54) is 19.2 Å². The van der Waals surface area contributed by atoms with E-state index in [0.29, 0.717) is 25.9 Å². The Balaban J connectivity index is 2.22. The van der Waals surface area contributed by atoms with E-state index in [4.69, 9.17) is 4.74 Å². The van der Waals surface area contributed by atoms with Crippen molar-refractivity contribution >= 4 is 27.5 Å². The van der Waals surface area contributed by atoms with Crippen LogP contribution in [0, 0.1) is 5.41 Å². The van der Waals surface area contributed by atoms with Crippen LogP contribution in [0.4, 0.5) is 18.9 Å². The number of methoxy groups -OCH3 is 1. The maximum absolute atomic E-state index is 12.9. The summed E-state index contributed by atoms with van der Waals surface area (Å²) < 4.78 is 43.9. The average molecular weight is 395 g/mol. The molecule has 1 aromatic rings. The van der Waals surface area contributed by atoms with Crippen molar-refractivity contribution in [2.45, 2.75) is 19.0 Å². The molecule has 0 radical (unpaired) electrons. The van der Waals surface area contributed by atoms with E-state index < -0.39 is 17.2 Å². The van der Waals surface area contributed by atoms with Crippen molar-refractivity contribution in [3.05, 3.63) is 28.2 Å². The van der Waals surface area contributed by atoms with Gasteiger partial charge in [-0.25, -0.2) is 0 Å². The summed E-state index contributed by atoms with van der Waals surface area (Å²) in [5.74, 6) is -0.309. The van der Waals surface area contributed by atoms with Crippen LogP contribution in [0.5, 0.6) is 0 Å². The first-order valence-electron chi connectivity index (χ1n) is 7.16. The molecule has 0 atom stereocenters. The molecule has 1 heterocycles. The number of hydrogen-bond donors (Lipinski definition) is 2. The number of rotatable bonds is 4. The van der Waals surface area contributed by atoms with E-state index >= 15 is 0 Å². The van der Waals surface area contributed by atoms with Gasteiger partial charge in [0.25, 0.3) is 0 Å². The van der Waals surface area contributed by atoms with Gasteiger partial charge in [0.05, 0.1) is 17.6 Å². The Kier molecular flexibility index (Phi) is 5.70. The Labute approximate surface area is 140 Å². The number of carbonyl (C=O) groups is 1. The monoisotopic (exact) mass is 394 g/mol. The molecule has 0 aliphatic carbocycles. The first kappa shape index (κ1) is 18.2. The van der Waals surface area contributed by atoms with Crippen LogP contribution in [0.3, 0.4) is 0 Å². The number of amides is 1. The summed E-state index contributed by atoms with van der Waals surface area (Å²) in [5, 5.41) is 5.77. The molecule has 0 spiro atoms. The molecule has 1 aliphatic rings. The molecule has 1 aromatic carbocycles. The summed E-state index contributed by atoms with van der Waals surface area (Å²) in [6.45, 7) is 1.58. The van der Waals surface area contributed by atoms with Crippen LogP contribution in [0.15, 0.2) is 22.7 Å². The smallest absolute Gasteiger partial charge is 0.384 e. The highest BCUT2D eigenvalue weighted by Gasteiger charge is 2.40. The third-order valence-corrected chi connectivity index (χ3v) is 4.68. The van der Waals surface area contributed by atoms with Crippen molar-refractivity contribution < 1.29 is 22.7 Å². The Bertz CT molecular complexity index is 567. The Morgan fingerprint density at radius 2 is 2.04 bits per heavy atom. The standard InChI is InChI=1S/C15H18BrF3N2O2/c1-23-9-14(4-6-20-7-5-14)13(22)21-10-2-3-12(16)11(8-10)15(17,18)19/h2-3,8,20H,4-7,9H2,1H3,(H,21,22). The maximum Gasteiger partial charge on any atom is 0.417 e. The quantitative estimate of drug-likeness (QED) is 0.822. The van der Waals surface area contributed by atoms with Crippen molar-refractivity contribution in [3.8, 4) is 0 Å². The van der Waals surface area contributed by atoms with Gasteiger partial charge in [-0.2, -0.15) is 13.2 Å². The van der Waals surface area contributed by atoms with Crippen LogP contribution in [-0.4, -0.2) is 32.7 Å². The topological polar surface area (TPSA) is 50.4 Å². The van der Waals surface area contributed by atoms with Crippen LogP contribution in [-0.2, 0) is 15.7 Å².